The number of esters is 1. The molecular weight excluding hydrogens is 590 g/mol. The van der Waals surface area contributed by atoms with E-state index in [2.05, 4.69) is 5.32 Å². The normalized spacial score (nSPS) is 14.5. The maximum Gasteiger partial charge on any atom is 0.338 e. The van der Waals surface area contributed by atoms with Gasteiger partial charge in [-0.25, -0.2) is 9.79 Å². The van der Waals surface area contributed by atoms with Gasteiger partial charge in [0.15, 0.2) is 4.80 Å². The molecule has 10 heteroatoms. The second-order valence-corrected chi connectivity index (χ2v) is 11.2. The standard InChI is InChI=1S/C35H29N3O6S/c1-4-43-34(41)23-15-13-22(14-16-23)28-18-17-27(44-28)20-29-33(40)38-31(24-9-8-12-26(19-24)42-3)30(21(2)36-35(38)45-29)32(39)37-25-10-6-5-7-11-25/h5-20,31H,4H2,1-3H3,(H,37,39)/b29-20-. The largest absolute Gasteiger partial charge is 0.497 e. The van der Waals surface area contributed by atoms with E-state index in [1.165, 1.54) is 11.3 Å². The van der Waals surface area contributed by atoms with Gasteiger partial charge in [0.2, 0.25) is 0 Å². The number of hydrogen-bond acceptors (Lipinski definition) is 8. The van der Waals surface area contributed by atoms with Crippen molar-refractivity contribution < 1.29 is 23.5 Å². The van der Waals surface area contributed by atoms with Crippen LogP contribution in [0.2, 0.25) is 0 Å². The van der Waals surface area contributed by atoms with Crippen LogP contribution in [0.4, 0.5) is 5.69 Å². The summed E-state index contributed by atoms with van der Waals surface area (Å²) in [6.45, 7) is 3.83. The summed E-state index contributed by atoms with van der Waals surface area (Å²) in [5, 5.41) is 2.95. The monoisotopic (exact) mass is 619 g/mol. The Kier molecular flexibility index (Phi) is 8.30. The predicted molar refractivity (Wildman–Crippen MR) is 172 cm³/mol. The third-order valence-electron chi connectivity index (χ3n) is 7.29. The Morgan fingerprint density at radius 2 is 1.80 bits per heavy atom. The van der Waals surface area contributed by atoms with E-state index in [0.717, 1.165) is 5.56 Å². The number of benzene rings is 3. The zero-order valence-electron chi connectivity index (χ0n) is 24.8. The van der Waals surface area contributed by atoms with Crippen LogP contribution in [-0.4, -0.2) is 30.2 Å². The van der Waals surface area contributed by atoms with Crippen molar-refractivity contribution in [2.75, 3.05) is 19.0 Å². The van der Waals surface area contributed by atoms with Crippen molar-refractivity contribution in [3.8, 4) is 17.1 Å². The average Bonchev–Trinajstić information content (AvgIpc) is 3.65. The lowest BCUT2D eigenvalue weighted by Gasteiger charge is -2.25. The molecule has 2 aromatic heterocycles. The number of carbonyl (C=O) groups excluding carboxylic acids is 2. The Balaban J connectivity index is 1.39. The molecule has 226 valence electrons. The molecule has 45 heavy (non-hydrogen) atoms. The van der Waals surface area contributed by atoms with Gasteiger partial charge in [-0.1, -0.05) is 53.8 Å². The fourth-order valence-electron chi connectivity index (χ4n) is 5.16. The Morgan fingerprint density at radius 3 is 2.53 bits per heavy atom. The maximum absolute atomic E-state index is 14.0. The first kappa shape index (κ1) is 29.6. The third-order valence-corrected chi connectivity index (χ3v) is 8.27. The number of hydrogen-bond donors (Lipinski definition) is 1. The van der Waals surface area contributed by atoms with E-state index in [-0.39, 0.29) is 17.4 Å². The Morgan fingerprint density at radius 1 is 1.02 bits per heavy atom. The number of amides is 1. The summed E-state index contributed by atoms with van der Waals surface area (Å²) < 4.78 is 18.5. The lowest BCUT2D eigenvalue weighted by Crippen LogP contribution is -2.40. The minimum atomic E-state index is -0.743. The van der Waals surface area contributed by atoms with Crippen LogP contribution in [0.25, 0.3) is 17.4 Å². The van der Waals surface area contributed by atoms with Crippen molar-refractivity contribution in [3.63, 3.8) is 0 Å². The van der Waals surface area contributed by atoms with Gasteiger partial charge in [0, 0.05) is 17.3 Å². The van der Waals surface area contributed by atoms with Crippen LogP contribution in [0, 0.1) is 0 Å². The minimum Gasteiger partial charge on any atom is -0.497 e. The summed E-state index contributed by atoms with van der Waals surface area (Å²) in [7, 11) is 1.57. The van der Waals surface area contributed by atoms with E-state index in [4.69, 9.17) is 18.9 Å². The van der Waals surface area contributed by atoms with Gasteiger partial charge in [0.1, 0.15) is 17.3 Å². The number of anilines is 1. The molecule has 0 bridgehead atoms. The number of furan rings is 1. The van der Waals surface area contributed by atoms with Crippen LogP contribution in [0.15, 0.2) is 116 Å². The SMILES string of the molecule is CCOC(=O)c1ccc(-c2ccc(/C=c3\sc4n(c3=O)C(c3cccc(OC)c3)C(C(=O)Nc3ccccc3)=C(C)N=4)o2)cc1. The Bertz CT molecular complexity index is 2110. The molecule has 1 unspecified atom stereocenters. The first-order valence-corrected chi connectivity index (χ1v) is 15.1. The summed E-state index contributed by atoms with van der Waals surface area (Å²) in [5.41, 5.74) is 3.13. The van der Waals surface area contributed by atoms with Crippen molar-refractivity contribution in [2.45, 2.75) is 19.9 Å². The predicted octanol–water partition coefficient (Wildman–Crippen LogP) is 5.32. The fourth-order valence-corrected chi connectivity index (χ4v) is 6.19. The molecule has 5 aromatic rings. The Labute approximate surface area is 262 Å². The molecule has 0 saturated heterocycles. The highest BCUT2D eigenvalue weighted by molar-refractivity contribution is 7.07. The van der Waals surface area contributed by atoms with Crippen molar-refractivity contribution in [1.29, 1.82) is 0 Å². The van der Waals surface area contributed by atoms with Gasteiger partial charge in [-0.05, 0) is 67.9 Å². The fraction of sp³-hybridized carbons (Fsp3) is 0.143. The summed E-state index contributed by atoms with van der Waals surface area (Å²) in [6, 6.07) is 26.2. The second-order valence-electron chi connectivity index (χ2n) is 10.2. The minimum absolute atomic E-state index is 0.301. The molecule has 6 rings (SSSR count). The van der Waals surface area contributed by atoms with Gasteiger partial charge in [-0.3, -0.25) is 14.2 Å². The van der Waals surface area contributed by atoms with Crippen molar-refractivity contribution in [3.05, 3.63) is 139 Å². The molecule has 0 saturated carbocycles. The lowest BCUT2D eigenvalue weighted by atomic mass is 9.95. The molecule has 0 spiro atoms. The zero-order chi connectivity index (χ0) is 31.5. The number of ether oxygens (including phenoxy) is 2. The first-order valence-electron chi connectivity index (χ1n) is 14.3. The molecule has 9 nitrogen and oxygen atoms in total. The number of allylic oxidation sites excluding steroid dienone is 1. The number of para-hydroxylation sites is 1. The maximum atomic E-state index is 14.0. The summed E-state index contributed by atoms with van der Waals surface area (Å²) in [4.78, 5) is 44.9. The molecule has 0 fully saturated rings. The zero-order valence-corrected chi connectivity index (χ0v) is 25.6. The molecular formula is C35H29N3O6S. The number of nitrogens with zero attached hydrogens (tertiary/aromatic N) is 2. The van der Waals surface area contributed by atoms with E-state index in [9.17, 15) is 14.4 Å². The van der Waals surface area contributed by atoms with Crippen LogP contribution in [0.1, 0.15) is 41.6 Å². The molecule has 1 atom stereocenters. The number of rotatable bonds is 8. The summed E-state index contributed by atoms with van der Waals surface area (Å²) in [6.07, 6.45) is 1.67. The molecule has 3 heterocycles. The van der Waals surface area contributed by atoms with E-state index >= 15 is 0 Å². The van der Waals surface area contributed by atoms with Crippen LogP contribution in [-0.2, 0) is 9.53 Å². The third kappa shape index (κ3) is 6.00. The van der Waals surface area contributed by atoms with Crippen LogP contribution in [0.3, 0.4) is 0 Å². The number of fused-ring (bicyclic) bond motifs is 1. The number of nitrogens with one attached hydrogen (secondary N) is 1. The van der Waals surface area contributed by atoms with Crippen molar-refractivity contribution >= 4 is 35.0 Å². The molecule has 1 N–H and O–H groups in total. The quantitative estimate of drug-likeness (QED) is 0.236. The van der Waals surface area contributed by atoms with E-state index in [0.29, 0.717) is 61.3 Å². The highest BCUT2D eigenvalue weighted by Crippen LogP contribution is 2.32. The average molecular weight is 620 g/mol. The molecule has 1 amide bonds. The molecule has 1 aliphatic rings. The summed E-state index contributed by atoms with van der Waals surface area (Å²) in [5.74, 6) is 0.914. The van der Waals surface area contributed by atoms with Crippen molar-refractivity contribution in [1.82, 2.24) is 4.57 Å². The van der Waals surface area contributed by atoms with Crippen LogP contribution >= 0.6 is 11.3 Å². The number of carbonyl (C=O) groups is 2. The second kappa shape index (κ2) is 12.6. The van der Waals surface area contributed by atoms with Gasteiger partial charge < -0.3 is 19.2 Å². The van der Waals surface area contributed by atoms with E-state index in [1.54, 1.807) is 80.1 Å². The Hall–Kier alpha value is -5.48. The smallest absolute Gasteiger partial charge is 0.338 e. The first-order chi connectivity index (χ1) is 21.9. The van der Waals surface area contributed by atoms with Gasteiger partial charge in [0.25, 0.3) is 11.5 Å². The van der Waals surface area contributed by atoms with Crippen LogP contribution in [0.5, 0.6) is 5.75 Å². The lowest BCUT2D eigenvalue weighted by molar-refractivity contribution is -0.113. The highest BCUT2D eigenvalue weighted by atomic mass is 32.1. The number of methoxy groups -OCH3 is 1. The molecule has 1 aliphatic heterocycles. The van der Waals surface area contributed by atoms with Gasteiger partial charge in [0.05, 0.1) is 41.1 Å². The highest BCUT2D eigenvalue weighted by Gasteiger charge is 2.33. The van der Waals surface area contributed by atoms with Crippen LogP contribution < -0.4 is 24.9 Å². The summed E-state index contributed by atoms with van der Waals surface area (Å²) >= 11 is 1.22. The van der Waals surface area contributed by atoms with E-state index in [1.807, 2.05) is 42.5 Å². The van der Waals surface area contributed by atoms with Gasteiger partial charge in [-0.2, -0.15) is 0 Å². The van der Waals surface area contributed by atoms with Gasteiger partial charge in [-0.15, -0.1) is 0 Å². The molecule has 3 aromatic carbocycles. The number of aromatic nitrogens is 1. The molecule has 0 aliphatic carbocycles. The van der Waals surface area contributed by atoms with Crippen molar-refractivity contribution in [2.24, 2.45) is 4.99 Å². The topological polar surface area (TPSA) is 112 Å². The van der Waals surface area contributed by atoms with Gasteiger partial charge >= 0.3 is 5.97 Å². The van der Waals surface area contributed by atoms with E-state index < -0.39 is 6.04 Å². The molecule has 0 radical (unpaired) electrons. The number of thiazole rings is 1.